The number of hydrogen-bond donors (Lipinski definition) is 0. The van der Waals surface area contributed by atoms with Crippen LogP contribution in [0.2, 0.25) is 0 Å². The lowest BCUT2D eigenvalue weighted by molar-refractivity contribution is -0.0821. The van der Waals surface area contributed by atoms with Gasteiger partial charge in [0.2, 0.25) is 0 Å². The predicted molar refractivity (Wildman–Crippen MR) is 98.2 cm³/mol. The molecular weight excluding hydrogens is 345 g/mol. The Bertz CT molecular complexity index is 980. The summed E-state index contributed by atoms with van der Waals surface area (Å²) in [4.78, 5) is 6.92. The maximum atomic E-state index is 13.7. The number of nitrogens with zero attached hydrogens (tertiary/aromatic N) is 5. The van der Waals surface area contributed by atoms with Gasteiger partial charge in [0.15, 0.2) is 0 Å². The van der Waals surface area contributed by atoms with E-state index in [1.165, 1.54) is 11.6 Å². The minimum absolute atomic E-state index is 0.210. The first kappa shape index (κ1) is 16.6. The van der Waals surface area contributed by atoms with Crippen LogP contribution in [-0.4, -0.2) is 42.9 Å². The molecule has 1 fully saturated rings. The van der Waals surface area contributed by atoms with Crippen LogP contribution >= 0.6 is 0 Å². The molecule has 1 aromatic carbocycles. The molecule has 3 aromatic rings. The molecule has 140 valence electrons. The van der Waals surface area contributed by atoms with E-state index in [0.717, 1.165) is 49.7 Å². The SMILES string of the molecule is Cn1cc(CN2CC[C@]3(C2)Cn2c(-c4cccc(F)c4)cnc2CO3)cn1. The summed E-state index contributed by atoms with van der Waals surface area (Å²) in [5.74, 6) is 0.680. The third kappa shape index (κ3) is 3.07. The highest BCUT2D eigenvalue weighted by atomic mass is 19.1. The summed E-state index contributed by atoms with van der Waals surface area (Å²) >= 11 is 0. The van der Waals surface area contributed by atoms with Crippen LogP contribution in [0.4, 0.5) is 4.39 Å². The molecule has 0 aliphatic carbocycles. The van der Waals surface area contributed by atoms with Crippen LogP contribution in [0, 0.1) is 5.82 Å². The third-order valence-electron chi connectivity index (χ3n) is 5.57. The lowest BCUT2D eigenvalue weighted by atomic mass is 10.0. The molecule has 2 aromatic heterocycles. The summed E-state index contributed by atoms with van der Waals surface area (Å²) in [7, 11) is 1.94. The van der Waals surface area contributed by atoms with Gasteiger partial charge in [0, 0.05) is 44.0 Å². The van der Waals surface area contributed by atoms with Crippen molar-refractivity contribution < 1.29 is 9.13 Å². The Morgan fingerprint density at radius 2 is 2.19 bits per heavy atom. The first-order valence-electron chi connectivity index (χ1n) is 9.24. The van der Waals surface area contributed by atoms with Crippen LogP contribution in [0.25, 0.3) is 11.3 Å². The topological polar surface area (TPSA) is 48.1 Å². The van der Waals surface area contributed by atoms with Gasteiger partial charge in [-0.2, -0.15) is 5.10 Å². The number of fused-ring (bicyclic) bond motifs is 1. The molecule has 7 heteroatoms. The maximum absolute atomic E-state index is 13.7. The molecule has 2 aliphatic rings. The maximum Gasteiger partial charge on any atom is 0.135 e. The molecule has 0 N–H and O–H groups in total. The molecule has 1 spiro atoms. The van der Waals surface area contributed by atoms with Crippen LogP contribution < -0.4 is 0 Å². The standard InChI is InChI=1S/C20H22FN5O/c1-24-10-15(8-23-24)11-25-6-5-20(13-25)14-26-18(9-22-19(26)12-27-20)16-3-2-4-17(21)7-16/h2-4,7-10H,5-6,11-14H2,1H3/t20-/m0/s1. The average molecular weight is 367 g/mol. The van der Waals surface area contributed by atoms with Crippen LogP contribution in [0.1, 0.15) is 17.8 Å². The van der Waals surface area contributed by atoms with Gasteiger partial charge in [-0.05, 0) is 18.6 Å². The quantitative estimate of drug-likeness (QED) is 0.714. The number of rotatable bonds is 3. The van der Waals surface area contributed by atoms with E-state index in [-0.39, 0.29) is 11.4 Å². The molecule has 4 heterocycles. The highest BCUT2D eigenvalue weighted by Gasteiger charge is 2.43. The average Bonchev–Trinajstić information content (AvgIpc) is 3.35. The van der Waals surface area contributed by atoms with E-state index in [9.17, 15) is 4.39 Å². The van der Waals surface area contributed by atoms with E-state index >= 15 is 0 Å². The second kappa shape index (κ2) is 6.28. The van der Waals surface area contributed by atoms with Crippen molar-refractivity contribution in [3.05, 3.63) is 60.1 Å². The lowest BCUT2D eigenvalue weighted by Crippen LogP contribution is -2.44. The lowest BCUT2D eigenvalue weighted by Gasteiger charge is -2.35. The van der Waals surface area contributed by atoms with Gasteiger partial charge in [-0.3, -0.25) is 9.58 Å². The molecule has 0 unspecified atom stereocenters. The van der Waals surface area contributed by atoms with E-state index in [1.807, 2.05) is 30.2 Å². The fraction of sp³-hybridized carbons (Fsp3) is 0.400. The number of hydrogen-bond acceptors (Lipinski definition) is 4. The van der Waals surface area contributed by atoms with Gasteiger partial charge >= 0.3 is 0 Å². The van der Waals surface area contributed by atoms with Crippen molar-refractivity contribution in [1.29, 1.82) is 0 Å². The summed E-state index contributed by atoms with van der Waals surface area (Å²) in [5.41, 5.74) is 2.82. The zero-order chi connectivity index (χ0) is 18.4. The van der Waals surface area contributed by atoms with Gasteiger partial charge in [0.25, 0.3) is 0 Å². The van der Waals surface area contributed by atoms with E-state index in [0.29, 0.717) is 6.61 Å². The third-order valence-corrected chi connectivity index (χ3v) is 5.57. The largest absolute Gasteiger partial charge is 0.364 e. The van der Waals surface area contributed by atoms with Gasteiger partial charge in [0.05, 0.1) is 24.6 Å². The Hall–Kier alpha value is -2.51. The van der Waals surface area contributed by atoms with Crippen molar-refractivity contribution in [3.8, 4) is 11.3 Å². The number of ether oxygens (including phenoxy) is 1. The molecule has 27 heavy (non-hydrogen) atoms. The Kier molecular flexibility index (Phi) is 3.87. The number of halogens is 1. The molecule has 0 amide bonds. The van der Waals surface area contributed by atoms with Crippen LogP contribution in [0.15, 0.2) is 42.9 Å². The van der Waals surface area contributed by atoms with Crippen LogP contribution in [0.3, 0.4) is 0 Å². The number of likely N-dealkylation sites (tertiary alicyclic amines) is 1. The highest BCUT2D eigenvalue weighted by molar-refractivity contribution is 5.59. The minimum atomic E-state index is -0.228. The van der Waals surface area contributed by atoms with Gasteiger partial charge < -0.3 is 9.30 Å². The first-order valence-corrected chi connectivity index (χ1v) is 9.24. The fourth-order valence-electron chi connectivity index (χ4n) is 4.26. The van der Waals surface area contributed by atoms with Gasteiger partial charge in [-0.25, -0.2) is 9.37 Å². The monoisotopic (exact) mass is 367 g/mol. The number of aryl methyl sites for hydroxylation is 1. The van der Waals surface area contributed by atoms with Crippen molar-refractivity contribution in [2.24, 2.45) is 7.05 Å². The molecule has 2 aliphatic heterocycles. The van der Waals surface area contributed by atoms with Gasteiger partial charge in [-0.1, -0.05) is 12.1 Å². The minimum Gasteiger partial charge on any atom is -0.364 e. The summed E-state index contributed by atoms with van der Waals surface area (Å²) in [5, 5.41) is 4.25. The fourth-order valence-corrected chi connectivity index (χ4v) is 4.26. The van der Waals surface area contributed by atoms with E-state index in [4.69, 9.17) is 4.74 Å². The summed E-state index contributed by atoms with van der Waals surface area (Å²) in [6.07, 6.45) is 6.79. The molecule has 1 saturated heterocycles. The molecule has 5 rings (SSSR count). The predicted octanol–water partition coefficient (Wildman–Crippen LogP) is 2.60. The van der Waals surface area contributed by atoms with Gasteiger partial charge in [0.1, 0.15) is 23.8 Å². The molecule has 6 nitrogen and oxygen atoms in total. The zero-order valence-corrected chi connectivity index (χ0v) is 15.3. The molecular formula is C20H22FN5O. The summed E-state index contributed by atoms with van der Waals surface area (Å²) in [6.45, 7) is 4.00. The van der Waals surface area contributed by atoms with Crippen molar-refractivity contribution in [2.45, 2.75) is 31.7 Å². The van der Waals surface area contributed by atoms with E-state index in [1.54, 1.807) is 12.1 Å². The smallest absolute Gasteiger partial charge is 0.135 e. The summed E-state index contributed by atoms with van der Waals surface area (Å²) < 4.78 is 24.0. The summed E-state index contributed by atoms with van der Waals surface area (Å²) in [6, 6.07) is 6.70. The van der Waals surface area contributed by atoms with Crippen molar-refractivity contribution in [3.63, 3.8) is 0 Å². The second-order valence-electron chi connectivity index (χ2n) is 7.61. The first-order chi connectivity index (χ1) is 13.1. The zero-order valence-electron chi connectivity index (χ0n) is 15.3. The van der Waals surface area contributed by atoms with Crippen molar-refractivity contribution in [1.82, 2.24) is 24.2 Å². The van der Waals surface area contributed by atoms with Crippen molar-refractivity contribution >= 4 is 0 Å². The van der Waals surface area contributed by atoms with E-state index in [2.05, 4.69) is 25.7 Å². The van der Waals surface area contributed by atoms with Crippen LogP contribution in [0.5, 0.6) is 0 Å². The molecule has 1 atom stereocenters. The number of benzene rings is 1. The Morgan fingerprint density at radius 1 is 1.26 bits per heavy atom. The molecule has 0 saturated carbocycles. The Morgan fingerprint density at radius 3 is 3.00 bits per heavy atom. The Labute approximate surface area is 157 Å². The highest BCUT2D eigenvalue weighted by Crippen LogP contribution is 2.35. The second-order valence-corrected chi connectivity index (χ2v) is 7.61. The number of aromatic nitrogens is 4. The molecule has 0 radical (unpaired) electrons. The van der Waals surface area contributed by atoms with Gasteiger partial charge in [-0.15, -0.1) is 0 Å². The van der Waals surface area contributed by atoms with Crippen molar-refractivity contribution in [2.75, 3.05) is 13.1 Å². The van der Waals surface area contributed by atoms with Crippen LogP contribution in [-0.2, 0) is 31.5 Å². The molecule has 0 bridgehead atoms. The normalized spacial score (nSPS) is 22.4. The Balaban J connectivity index is 1.37. The van der Waals surface area contributed by atoms with E-state index < -0.39 is 0 Å². The number of imidazole rings is 1.